The topological polar surface area (TPSA) is 122 Å². The van der Waals surface area contributed by atoms with Crippen molar-refractivity contribution in [2.24, 2.45) is 17.6 Å². The normalized spacial score (nSPS) is 17.4. The molecule has 0 bridgehead atoms. The first-order valence-electron chi connectivity index (χ1n) is 13.3. The van der Waals surface area contributed by atoms with E-state index >= 15 is 0 Å². The highest BCUT2D eigenvalue weighted by Crippen LogP contribution is 2.36. The highest BCUT2D eigenvalue weighted by Gasteiger charge is 2.37. The number of rotatable bonds is 11. The van der Waals surface area contributed by atoms with Gasteiger partial charge in [0.15, 0.2) is 0 Å². The van der Waals surface area contributed by atoms with Crippen molar-refractivity contribution in [1.82, 2.24) is 9.88 Å². The number of anilines is 1. The Kier molecular flexibility index (Phi) is 10.8. The Bertz CT molecular complexity index is 873. The maximum Gasteiger partial charge on any atom is 0.246 e. The number of nitrogen functional groups attached to an aromatic ring is 1. The number of nitrogens with one attached hydrogen (secondary N) is 1. The van der Waals surface area contributed by atoms with Gasteiger partial charge in [0.1, 0.15) is 0 Å². The molecule has 1 fully saturated rings. The van der Waals surface area contributed by atoms with Gasteiger partial charge in [-0.3, -0.25) is 19.3 Å². The first-order valence-corrected chi connectivity index (χ1v) is 13.3. The summed E-state index contributed by atoms with van der Waals surface area (Å²) >= 11 is 0. The van der Waals surface area contributed by atoms with Crippen molar-refractivity contribution in [2.45, 2.75) is 117 Å². The van der Waals surface area contributed by atoms with Gasteiger partial charge in [-0.2, -0.15) is 0 Å². The van der Waals surface area contributed by atoms with Crippen molar-refractivity contribution < 1.29 is 9.59 Å². The van der Waals surface area contributed by atoms with Crippen LogP contribution in [-0.4, -0.2) is 27.7 Å². The number of hydrogen-bond acceptors (Lipinski definition) is 5. The highest BCUT2D eigenvalue weighted by atomic mass is 16.2. The summed E-state index contributed by atoms with van der Waals surface area (Å²) in [4.78, 5) is 44.8. The van der Waals surface area contributed by atoms with Crippen molar-refractivity contribution in [3.05, 3.63) is 27.7 Å². The number of nitrogens with two attached hydrogens (primary N) is 2. The van der Waals surface area contributed by atoms with Crippen LogP contribution in [0, 0.1) is 11.8 Å². The lowest BCUT2D eigenvalue weighted by atomic mass is 9.85. The summed E-state index contributed by atoms with van der Waals surface area (Å²) in [7, 11) is 0. The van der Waals surface area contributed by atoms with Gasteiger partial charge in [-0.25, -0.2) is 0 Å². The summed E-state index contributed by atoms with van der Waals surface area (Å²) in [6, 6.07) is 0.0906. The lowest BCUT2D eigenvalue weighted by Crippen LogP contribution is -2.52. The van der Waals surface area contributed by atoms with Crippen molar-refractivity contribution in [1.29, 1.82) is 0 Å². The molecule has 3 atom stereocenters. The minimum absolute atomic E-state index is 0.0606. The predicted octanol–water partition coefficient (Wildman–Crippen LogP) is 5.01. The van der Waals surface area contributed by atoms with Crippen LogP contribution in [0.4, 0.5) is 5.69 Å². The van der Waals surface area contributed by atoms with E-state index in [0.29, 0.717) is 12.1 Å². The molecule has 0 aliphatic heterocycles. The fourth-order valence-electron chi connectivity index (χ4n) is 5.00. The van der Waals surface area contributed by atoms with Gasteiger partial charge in [0.05, 0.1) is 17.8 Å². The second-order valence-corrected chi connectivity index (χ2v) is 10.4. The Morgan fingerprint density at radius 3 is 2.32 bits per heavy atom. The maximum atomic E-state index is 13.6. The third-order valence-electron chi connectivity index (χ3n) is 7.41. The number of imide groups is 1. The molecule has 1 aromatic heterocycles. The van der Waals surface area contributed by atoms with Crippen molar-refractivity contribution in [2.75, 3.05) is 5.73 Å². The van der Waals surface area contributed by atoms with Gasteiger partial charge in [-0.15, -0.1) is 0 Å². The van der Waals surface area contributed by atoms with E-state index in [2.05, 4.69) is 11.9 Å². The third-order valence-corrected chi connectivity index (χ3v) is 7.41. The monoisotopic (exact) mass is 474 g/mol. The number of hydrogen-bond donors (Lipinski definition) is 3. The molecule has 0 radical (unpaired) electrons. The first kappa shape index (κ1) is 28.1. The molecule has 1 heterocycles. The Morgan fingerprint density at radius 2 is 1.76 bits per heavy atom. The van der Waals surface area contributed by atoms with Crippen molar-refractivity contribution in [3.8, 4) is 0 Å². The fraction of sp³-hybridized carbons (Fsp3) is 0.741. The molecule has 0 saturated heterocycles. The summed E-state index contributed by atoms with van der Waals surface area (Å²) in [5.41, 5.74) is 13.9. The zero-order chi connectivity index (χ0) is 25.4. The molecule has 0 aromatic carbocycles. The summed E-state index contributed by atoms with van der Waals surface area (Å²) in [6.45, 7) is 9.93. The van der Waals surface area contributed by atoms with Crippen molar-refractivity contribution >= 4 is 17.5 Å². The molecular weight excluding hydrogens is 428 g/mol. The van der Waals surface area contributed by atoms with Gasteiger partial charge >= 0.3 is 0 Å². The van der Waals surface area contributed by atoms with E-state index in [9.17, 15) is 14.4 Å². The second-order valence-electron chi connectivity index (χ2n) is 10.4. The molecule has 192 valence electrons. The van der Waals surface area contributed by atoms with Crippen LogP contribution in [0.2, 0.25) is 0 Å². The van der Waals surface area contributed by atoms with Gasteiger partial charge in [0.25, 0.3) is 0 Å². The molecule has 5 N–H and O–H groups in total. The predicted molar refractivity (Wildman–Crippen MR) is 138 cm³/mol. The molecule has 2 amide bonds. The van der Waals surface area contributed by atoms with Crippen molar-refractivity contribution in [3.63, 3.8) is 0 Å². The highest BCUT2D eigenvalue weighted by molar-refractivity contribution is 5.98. The Hall–Kier alpha value is -2.15. The number of nitrogens with zero attached hydrogens (tertiary/aromatic N) is 1. The van der Waals surface area contributed by atoms with E-state index < -0.39 is 12.1 Å². The summed E-state index contributed by atoms with van der Waals surface area (Å²) in [5, 5.41) is 0. The Balaban J connectivity index is 2.56. The van der Waals surface area contributed by atoms with Crippen LogP contribution in [-0.2, 0) is 9.59 Å². The lowest BCUT2D eigenvalue weighted by molar-refractivity contribution is -0.151. The van der Waals surface area contributed by atoms with Gasteiger partial charge in [0, 0.05) is 29.8 Å². The van der Waals surface area contributed by atoms with Crippen LogP contribution < -0.4 is 16.9 Å². The number of pyridine rings is 1. The van der Waals surface area contributed by atoms with Crippen LogP contribution in [0.25, 0.3) is 0 Å². The standard InChI is InChI=1S/C27H46N4O3/c1-6-8-10-15-22(33)31(27(34)23(28)18(5)7-2)26(17(3)4)20-16-21(32)24(29)25(30-20)19-13-11-9-12-14-19/h16-19,23,26H,6-15,28-29H2,1-5H3,(H,30,32)/t18-,23-,26?/m0/s1. The molecule has 1 saturated carbocycles. The molecule has 34 heavy (non-hydrogen) atoms. The van der Waals surface area contributed by atoms with Crippen LogP contribution in [0.3, 0.4) is 0 Å². The molecule has 0 spiro atoms. The van der Waals surface area contributed by atoms with E-state index in [0.717, 1.165) is 50.6 Å². The summed E-state index contributed by atoms with van der Waals surface area (Å²) in [6.07, 6.45) is 9.00. The van der Waals surface area contributed by atoms with E-state index in [1.807, 2.05) is 27.7 Å². The molecule has 1 unspecified atom stereocenters. The average Bonchev–Trinajstić information content (AvgIpc) is 2.83. The number of carbonyl (C=O) groups excluding carboxylic acids is 2. The SMILES string of the molecule is CCCCCC(=O)N(C(=O)[C@@H](N)[C@@H](C)CC)C(c1cc(=O)c(N)c(C2CCCCC2)[nH]1)C(C)C. The zero-order valence-corrected chi connectivity index (χ0v) is 21.9. The van der Waals surface area contributed by atoms with Crippen LogP contribution in [0.15, 0.2) is 10.9 Å². The van der Waals surface area contributed by atoms with Gasteiger partial charge in [0.2, 0.25) is 17.2 Å². The minimum atomic E-state index is -0.778. The Morgan fingerprint density at radius 1 is 1.12 bits per heavy atom. The summed E-state index contributed by atoms with van der Waals surface area (Å²) in [5.74, 6) is -0.573. The van der Waals surface area contributed by atoms with Crippen LogP contribution in [0.5, 0.6) is 0 Å². The number of aromatic nitrogens is 1. The molecule has 1 aliphatic rings. The summed E-state index contributed by atoms with van der Waals surface area (Å²) < 4.78 is 0. The van der Waals surface area contributed by atoms with Gasteiger partial charge in [-0.1, -0.05) is 73.1 Å². The third kappa shape index (κ3) is 6.71. The molecule has 7 nitrogen and oxygen atoms in total. The fourth-order valence-corrected chi connectivity index (χ4v) is 5.00. The maximum absolute atomic E-state index is 13.6. The van der Waals surface area contributed by atoms with Crippen LogP contribution >= 0.6 is 0 Å². The molecule has 2 rings (SSSR count). The average molecular weight is 475 g/mol. The number of amides is 2. The van der Waals surface area contributed by atoms with E-state index in [1.165, 1.54) is 17.4 Å². The quantitative estimate of drug-likeness (QED) is 0.389. The molecular formula is C27H46N4O3. The number of carbonyl (C=O) groups is 2. The number of unbranched alkanes of at least 4 members (excludes halogenated alkanes) is 2. The van der Waals surface area contributed by atoms with Gasteiger partial charge in [-0.05, 0) is 31.1 Å². The zero-order valence-electron chi connectivity index (χ0n) is 21.9. The smallest absolute Gasteiger partial charge is 0.246 e. The first-order chi connectivity index (χ1) is 16.1. The molecule has 7 heteroatoms. The van der Waals surface area contributed by atoms with E-state index in [4.69, 9.17) is 11.5 Å². The Labute approximate surface area is 205 Å². The number of aromatic amines is 1. The van der Waals surface area contributed by atoms with Crippen LogP contribution in [0.1, 0.15) is 122 Å². The lowest BCUT2D eigenvalue weighted by Gasteiger charge is -2.36. The number of H-pyrrole nitrogens is 1. The van der Waals surface area contributed by atoms with E-state index in [-0.39, 0.29) is 47.1 Å². The van der Waals surface area contributed by atoms with E-state index in [1.54, 1.807) is 0 Å². The largest absolute Gasteiger partial charge is 0.394 e. The molecule has 1 aromatic rings. The second kappa shape index (κ2) is 13.1. The minimum Gasteiger partial charge on any atom is -0.394 e. The van der Waals surface area contributed by atoms with Gasteiger partial charge < -0.3 is 16.5 Å². The molecule has 1 aliphatic carbocycles.